The second-order valence-corrected chi connectivity index (χ2v) is 17.2. The number of carbonyl (C=O) groups is 6. The topological polar surface area (TPSA) is 189 Å². The van der Waals surface area contributed by atoms with Gasteiger partial charge in [-0.25, -0.2) is 19.2 Å². The molecule has 2 aliphatic heterocycles. The summed E-state index contributed by atoms with van der Waals surface area (Å²) in [5.74, 6) is -6.42. The number of rotatable bonds is 1. The van der Waals surface area contributed by atoms with E-state index in [0.29, 0.717) is 18.4 Å². The largest absolute Gasteiger partial charge is 0.466 e. The molecule has 0 aromatic heterocycles. The lowest BCUT2D eigenvalue weighted by atomic mass is 9.42. The number of aliphatic hydroxyl groups excluding tert-OH is 1. The molecule has 0 aromatic carbocycles. The van der Waals surface area contributed by atoms with Gasteiger partial charge in [0.15, 0.2) is 12.4 Å². The Morgan fingerprint density at radius 2 is 1.66 bits per heavy atom. The molecule has 7 aliphatic carbocycles. The lowest BCUT2D eigenvalue weighted by Crippen LogP contribution is -2.67. The fourth-order valence-corrected chi connectivity index (χ4v) is 12.7. The van der Waals surface area contributed by atoms with E-state index in [2.05, 4.69) is 6.92 Å². The Bertz CT molecular complexity index is 1970. The van der Waals surface area contributed by atoms with E-state index in [1.165, 1.54) is 14.0 Å². The maximum atomic E-state index is 14.6. The Kier molecular flexibility index (Phi) is 7.19. The minimum absolute atomic E-state index is 0.00529. The van der Waals surface area contributed by atoms with E-state index >= 15 is 0 Å². The summed E-state index contributed by atoms with van der Waals surface area (Å²) in [6, 6.07) is 0. The number of methoxy groups -OCH3 is 1. The highest BCUT2D eigenvalue weighted by atomic mass is 16.6. The molecule has 13 nitrogen and oxygen atoms in total. The quantitative estimate of drug-likeness (QED) is 0.173. The maximum Gasteiger partial charge on any atom is 0.344 e. The highest BCUT2D eigenvalue weighted by Crippen LogP contribution is 2.83. The van der Waals surface area contributed by atoms with Gasteiger partial charge in [0.1, 0.15) is 30.5 Å². The van der Waals surface area contributed by atoms with E-state index in [1.54, 1.807) is 13.0 Å². The molecular formula is C40H44O13. The van der Waals surface area contributed by atoms with Crippen LogP contribution in [0.5, 0.6) is 0 Å². The number of Topliss-reactive ketones (excluding diaryl/α,β-unsaturated/α-hetero) is 1. The molecule has 5 saturated carbocycles. The zero-order valence-electron chi connectivity index (χ0n) is 30.4. The number of ether oxygens (including phenoxy) is 5. The van der Waals surface area contributed by atoms with E-state index in [4.69, 9.17) is 23.7 Å². The van der Waals surface area contributed by atoms with Crippen LogP contribution in [-0.4, -0.2) is 90.1 Å². The van der Waals surface area contributed by atoms with Crippen molar-refractivity contribution >= 4 is 35.6 Å². The number of fused-ring (bicyclic) bond motifs is 7. The number of hydrogen-bond acceptors (Lipinski definition) is 13. The highest BCUT2D eigenvalue weighted by molar-refractivity contribution is 6.09. The minimum atomic E-state index is -1.52. The third-order valence-corrected chi connectivity index (χ3v) is 15.2. The minimum Gasteiger partial charge on any atom is -0.466 e. The lowest BCUT2D eigenvalue weighted by molar-refractivity contribution is -0.191. The summed E-state index contributed by atoms with van der Waals surface area (Å²) in [5.41, 5.74) is -1.88. The van der Waals surface area contributed by atoms with Gasteiger partial charge in [0.2, 0.25) is 0 Å². The standard InChI is InChI=1S/C40H44O13/c1-16-7-6-8-27(41)51-14-28(42)50-13-20-22-12-25-37(3,23-11-24(23)39(25,48)15-52-34(16)45)26-10-19-18-9-21(18)38(4)30(19)31(40(22,26)53-36(20)47)29(32(43)33(38)44)17(2)35(46)49-5/h7,18,21,23-26,31,33,44,48H,6,8-15H2,1-5H3. The van der Waals surface area contributed by atoms with Crippen molar-refractivity contribution in [2.45, 2.75) is 83.5 Å². The van der Waals surface area contributed by atoms with Gasteiger partial charge in [0, 0.05) is 40.4 Å². The van der Waals surface area contributed by atoms with Crippen LogP contribution in [0.25, 0.3) is 0 Å². The van der Waals surface area contributed by atoms with Gasteiger partial charge in [0.25, 0.3) is 0 Å². The molecule has 0 radical (unpaired) electrons. The molecule has 12 unspecified atom stereocenters. The number of cyclic esters (lactones) is 3. The van der Waals surface area contributed by atoms with Crippen LogP contribution in [0, 0.1) is 52.3 Å². The first-order valence-corrected chi connectivity index (χ1v) is 18.6. The van der Waals surface area contributed by atoms with E-state index in [-0.39, 0.29) is 71.8 Å². The van der Waals surface area contributed by atoms with Crippen molar-refractivity contribution in [3.63, 3.8) is 0 Å². The zero-order chi connectivity index (χ0) is 37.7. The summed E-state index contributed by atoms with van der Waals surface area (Å²) in [5, 5.41) is 24.6. The SMILES string of the molecule is COC(=O)C(C)=C1C(=O)C(O)C2(C)C3=C(CC4C5(OC(=O)C6=C5CC5C(O)(COC(=O)C(C)=CCCC(=O)OCC(=O)OC6)C6CC6C54C)C13)C1CC12. The van der Waals surface area contributed by atoms with Crippen molar-refractivity contribution in [1.29, 1.82) is 0 Å². The van der Waals surface area contributed by atoms with Crippen LogP contribution in [0.1, 0.15) is 66.2 Å². The molecule has 9 rings (SSSR count). The van der Waals surface area contributed by atoms with Crippen LogP contribution in [0.2, 0.25) is 0 Å². The number of ketones is 1. The smallest absolute Gasteiger partial charge is 0.344 e. The first-order chi connectivity index (χ1) is 25.1. The van der Waals surface area contributed by atoms with Crippen LogP contribution in [0.3, 0.4) is 0 Å². The zero-order valence-corrected chi connectivity index (χ0v) is 30.4. The third kappa shape index (κ3) is 4.21. The molecule has 0 saturated heterocycles. The van der Waals surface area contributed by atoms with Gasteiger partial charge < -0.3 is 33.9 Å². The summed E-state index contributed by atoms with van der Waals surface area (Å²) in [4.78, 5) is 80.7. The van der Waals surface area contributed by atoms with Crippen molar-refractivity contribution in [2.75, 3.05) is 26.9 Å². The first-order valence-electron chi connectivity index (χ1n) is 18.6. The normalized spacial score (nSPS) is 46.3. The molecule has 1 spiro atoms. The van der Waals surface area contributed by atoms with Crippen LogP contribution < -0.4 is 0 Å². The number of carbonyl (C=O) groups excluding carboxylic acids is 6. The molecule has 282 valence electrons. The Morgan fingerprint density at radius 3 is 2.40 bits per heavy atom. The Morgan fingerprint density at radius 1 is 0.925 bits per heavy atom. The molecule has 2 bridgehead atoms. The van der Waals surface area contributed by atoms with Crippen LogP contribution in [0.4, 0.5) is 0 Å². The predicted octanol–water partition coefficient (Wildman–Crippen LogP) is 2.38. The summed E-state index contributed by atoms with van der Waals surface area (Å²) in [7, 11) is 1.22. The van der Waals surface area contributed by atoms with Gasteiger partial charge in [-0.15, -0.1) is 0 Å². The van der Waals surface area contributed by atoms with Gasteiger partial charge in [0.05, 0.1) is 18.6 Å². The summed E-state index contributed by atoms with van der Waals surface area (Å²) < 4.78 is 28.3. The Balaban J connectivity index is 1.27. The molecule has 0 aromatic rings. The van der Waals surface area contributed by atoms with Crippen LogP contribution >= 0.6 is 0 Å². The van der Waals surface area contributed by atoms with E-state index in [9.17, 15) is 39.0 Å². The fraction of sp³-hybridized carbons (Fsp3) is 0.650. The second-order valence-electron chi connectivity index (χ2n) is 17.2. The van der Waals surface area contributed by atoms with Gasteiger partial charge in [-0.2, -0.15) is 0 Å². The second kappa shape index (κ2) is 11.0. The Hall–Kier alpha value is -4.10. The van der Waals surface area contributed by atoms with Crippen molar-refractivity contribution in [2.24, 2.45) is 52.3 Å². The number of aliphatic hydroxyl groups is 2. The molecule has 0 amide bonds. The van der Waals surface area contributed by atoms with E-state index in [1.807, 2.05) is 6.92 Å². The number of allylic oxidation sites excluding steroid dienone is 2. The average Bonchev–Trinajstić information content (AvgIpc) is 4.05. The lowest BCUT2D eigenvalue weighted by Gasteiger charge is -2.63. The summed E-state index contributed by atoms with van der Waals surface area (Å²) in [6.07, 6.45) is 2.22. The average molecular weight is 733 g/mol. The summed E-state index contributed by atoms with van der Waals surface area (Å²) >= 11 is 0. The van der Waals surface area contributed by atoms with Gasteiger partial charge in [-0.05, 0) is 86.2 Å². The first kappa shape index (κ1) is 34.7. The molecule has 5 fully saturated rings. The molecule has 9 aliphatic rings. The summed E-state index contributed by atoms with van der Waals surface area (Å²) in [6.45, 7) is 5.57. The molecule has 2 N–H and O–H groups in total. The fourth-order valence-electron chi connectivity index (χ4n) is 12.7. The van der Waals surface area contributed by atoms with E-state index in [0.717, 1.165) is 17.6 Å². The number of esters is 5. The maximum absolute atomic E-state index is 14.6. The Labute approximate surface area is 305 Å². The molecule has 13 heteroatoms. The van der Waals surface area contributed by atoms with Crippen molar-refractivity contribution in [1.82, 2.24) is 0 Å². The molecule has 53 heavy (non-hydrogen) atoms. The predicted molar refractivity (Wildman–Crippen MR) is 179 cm³/mol. The van der Waals surface area contributed by atoms with Gasteiger partial charge >= 0.3 is 29.8 Å². The van der Waals surface area contributed by atoms with Crippen molar-refractivity contribution in [3.8, 4) is 0 Å². The van der Waals surface area contributed by atoms with Crippen molar-refractivity contribution < 1.29 is 62.7 Å². The molecule has 2 heterocycles. The van der Waals surface area contributed by atoms with Crippen molar-refractivity contribution in [3.05, 3.63) is 45.1 Å². The third-order valence-electron chi connectivity index (χ3n) is 15.2. The van der Waals surface area contributed by atoms with Crippen LogP contribution in [-0.2, 0) is 52.5 Å². The van der Waals surface area contributed by atoms with Gasteiger partial charge in [-0.3, -0.25) is 9.59 Å². The van der Waals surface area contributed by atoms with Crippen LogP contribution in [0.15, 0.2) is 45.1 Å². The monoisotopic (exact) mass is 732 g/mol. The molecule has 12 atom stereocenters. The van der Waals surface area contributed by atoms with E-state index < -0.39 is 94.7 Å². The number of hydrogen-bond donors (Lipinski definition) is 2. The highest BCUT2D eigenvalue weighted by Gasteiger charge is 2.84. The molecular weight excluding hydrogens is 688 g/mol. The van der Waals surface area contributed by atoms with Gasteiger partial charge in [-0.1, -0.05) is 25.5 Å².